The second kappa shape index (κ2) is 4.42. The predicted molar refractivity (Wildman–Crippen MR) is 67.7 cm³/mol. The van der Waals surface area contributed by atoms with Crippen molar-refractivity contribution in [2.75, 3.05) is 6.54 Å². The van der Waals surface area contributed by atoms with Gasteiger partial charge in [-0.15, -0.1) is 0 Å². The number of H-pyrrole nitrogens is 1. The van der Waals surface area contributed by atoms with Crippen molar-refractivity contribution in [3.8, 4) is 0 Å². The van der Waals surface area contributed by atoms with Crippen molar-refractivity contribution in [3.63, 3.8) is 0 Å². The molecule has 2 fully saturated rings. The highest BCUT2D eigenvalue weighted by atomic mass is 15.3. The largest absolute Gasteiger partial charge is 0.347 e. The summed E-state index contributed by atoms with van der Waals surface area (Å²) >= 11 is 0. The van der Waals surface area contributed by atoms with Crippen molar-refractivity contribution in [2.24, 2.45) is 0 Å². The van der Waals surface area contributed by atoms with Crippen LogP contribution in [0.15, 0.2) is 12.4 Å². The second-order valence-electron chi connectivity index (χ2n) is 5.57. The van der Waals surface area contributed by atoms with Crippen LogP contribution in [0.3, 0.4) is 0 Å². The van der Waals surface area contributed by atoms with Crippen LogP contribution >= 0.6 is 0 Å². The van der Waals surface area contributed by atoms with E-state index in [0.29, 0.717) is 12.1 Å². The maximum Gasteiger partial charge on any atom is 0.122 e. The van der Waals surface area contributed by atoms with Gasteiger partial charge in [0.2, 0.25) is 0 Å². The van der Waals surface area contributed by atoms with Crippen LogP contribution in [0.2, 0.25) is 0 Å². The molecule has 3 atom stereocenters. The maximum absolute atomic E-state index is 4.31. The Morgan fingerprint density at radius 3 is 3.00 bits per heavy atom. The Kier molecular flexibility index (Phi) is 2.92. The molecule has 1 aliphatic heterocycles. The standard InChI is InChI=1S/C13H22N4/c1-9-7-11(8-17(9)12-3-4-12)16-10(2)13-14-5-6-15-13/h5-6,9-12,16H,3-4,7-8H2,1-2H3,(H,14,15). The molecule has 3 unspecified atom stereocenters. The van der Waals surface area contributed by atoms with E-state index in [-0.39, 0.29) is 0 Å². The lowest BCUT2D eigenvalue weighted by molar-refractivity contribution is 0.254. The van der Waals surface area contributed by atoms with Crippen LogP contribution in [0.4, 0.5) is 0 Å². The van der Waals surface area contributed by atoms with E-state index in [1.54, 1.807) is 0 Å². The zero-order valence-electron chi connectivity index (χ0n) is 10.7. The summed E-state index contributed by atoms with van der Waals surface area (Å²) in [5.74, 6) is 1.04. The summed E-state index contributed by atoms with van der Waals surface area (Å²) in [6.45, 7) is 5.75. The molecule has 4 nitrogen and oxygen atoms in total. The number of likely N-dealkylation sites (tertiary alicyclic amines) is 1. The third-order valence-electron chi connectivity index (χ3n) is 4.05. The van der Waals surface area contributed by atoms with E-state index in [9.17, 15) is 0 Å². The van der Waals surface area contributed by atoms with E-state index in [1.807, 2.05) is 12.4 Å². The molecule has 17 heavy (non-hydrogen) atoms. The molecule has 2 heterocycles. The highest BCUT2D eigenvalue weighted by Gasteiger charge is 2.38. The Labute approximate surface area is 103 Å². The van der Waals surface area contributed by atoms with Crippen molar-refractivity contribution in [1.82, 2.24) is 20.2 Å². The maximum atomic E-state index is 4.31. The van der Waals surface area contributed by atoms with Crippen LogP contribution in [0.5, 0.6) is 0 Å². The van der Waals surface area contributed by atoms with Crippen molar-refractivity contribution >= 4 is 0 Å². The molecule has 4 heteroatoms. The van der Waals surface area contributed by atoms with Crippen molar-refractivity contribution < 1.29 is 0 Å². The Balaban J connectivity index is 1.56. The lowest BCUT2D eigenvalue weighted by atomic mass is 10.1. The molecular formula is C13H22N4. The zero-order chi connectivity index (χ0) is 11.8. The summed E-state index contributed by atoms with van der Waals surface area (Å²) in [5, 5.41) is 3.69. The number of nitrogens with zero attached hydrogens (tertiary/aromatic N) is 2. The summed E-state index contributed by atoms with van der Waals surface area (Å²) in [6, 6.07) is 2.56. The second-order valence-corrected chi connectivity index (χ2v) is 5.57. The minimum Gasteiger partial charge on any atom is -0.347 e. The molecule has 3 rings (SSSR count). The van der Waals surface area contributed by atoms with Crippen molar-refractivity contribution in [1.29, 1.82) is 0 Å². The molecule has 0 bridgehead atoms. The number of aromatic nitrogens is 2. The minimum atomic E-state index is 0.321. The number of hydrogen-bond acceptors (Lipinski definition) is 3. The molecule has 1 aliphatic carbocycles. The van der Waals surface area contributed by atoms with Gasteiger partial charge in [-0.1, -0.05) is 0 Å². The van der Waals surface area contributed by atoms with Crippen molar-refractivity contribution in [3.05, 3.63) is 18.2 Å². The van der Waals surface area contributed by atoms with Gasteiger partial charge in [-0.05, 0) is 33.1 Å². The highest BCUT2D eigenvalue weighted by molar-refractivity contribution is 4.99. The van der Waals surface area contributed by atoms with Crippen LogP contribution in [0.1, 0.15) is 45.0 Å². The fourth-order valence-electron chi connectivity index (χ4n) is 3.04. The molecule has 0 aromatic carbocycles. The van der Waals surface area contributed by atoms with Gasteiger partial charge in [0.05, 0.1) is 6.04 Å². The van der Waals surface area contributed by atoms with Gasteiger partial charge in [0, 0.05) is 37.1 Å². The number of nitrogens with one attached hydrogen (secondary N) is 2. The summed E-state index contributed by atoms with van der Waals surface area (Å²) in [5.41, 5.74) is 0. The van der Waals surface area contributed by atoms with Gasteiger partial charge in [0.1, 0.15) is 5.82 Å². The van der Waals surface area contributed by atoms with E-state index < -0.39 is 0 Å². The zero-order valence-corrected chi connectivity index (χ0v) is 10.7. The SMILES string of the molecule is CC(NC1CC(C)N(C2CC2)C1)c1ncc[nH]1. The van der Waals surface area contributed by atoms with Crippen LogP contribution in [0.25, 0.3) is 0 Å². The van der Waals surface area contributed by atoms with Gasteiger partial charge >= 0.3 is 0 Å². The van der Waals surface area contributed by atoms with Crippen LogP contribution in [-0.4, -0.2) is 39.5 Å². The van der Waals surface area contributed by atoms with Gasteiger partial charge in [-0.2, -0.15) is 0 Å². The Hall–Kier alpha value is -0.870. The molecule has 1 saturated heterocycles. The van der Waals surface area contributed by atoms with Gasteiger partial charge in [0.25, 0.3) is 0 Å². The molecule has 2 aliphatic rings. The minimum absolute atomic E-state index is 0.321. The number of hydrogen-bond donors (Lipinski definition) is 2. The quantitative estimate of drug-likeness (QED) is 0.833. The third kappa shape index (κ3) is 2.38. The first-order valence-electron chi connectivity index (χ1n) is 6.75. The number of rotatable bonds is 4. The third-order valence-corrected chi connectivity index (χ3v) is 4.05. The normalized spacial score (nSPS) is 31.9. The summed E-state index contributed by atoms with van der Waals surface area (Å²) in [7, 11) is 0. The molecular weight excluding hydrogens is 212 g/mol. The van der Waals surface area contributed by atoms with E-state index in [2.05, 4.69) is 34.0 Å². The van der Waals surface area contributed by atoms with E-state index in [0.717, 1.165) is 17.9 Å². The number of aromatic amines is 1. The monoisotopic (exact) mass is 234 g/mol. The van der Waals surface area contributed by atoms with E-state index >= 15 is 0 Å². The summed E-state index contributed by atoms with van der Waals surface area (Å²) in [6.07, 6.45) is 7.79. The average Bonchev–Trinajstić information content (AvgIpc) is 2.86. The Morgan fingerprint density at radius 2 is 2.35 bits per heavy atom. The van der Waals surface area contributed by atoms with Gasteiger partial charge in [-0.3, -0.25) is 4.90 Å². The van der Waals surface area contributed by atoms with Crippen molar-refractivity contribution in [2.45, 2.75) is 57.3 Å². The topological polar surface area (TPSA) is 44.0 Å². The van der Waals surface area contributed by atoms with Crippen LogP contribution in [0, 0.1) is 0 Å². The molecule has 0 radical (unpaired) electrons. The van der Waals surface area contributed by atoms with Gasteiger partial charge < -0.3 is 10.3 Å². The Morgan fingerprint density at radius 1 is 1.53 bits per heavy atom. The highest BCUT2D eigenvalue weighted by Crippen LogP contribution is 2.33. The molecule has 1 aromatic heterocycles. The fraction of sp³-hybridized carbons (Fsp3) is 0.769. The molecule has 94 valence electrons. The van der Waals surface area contributed by atoms with E-state index in [1.165, 1.54) is 25.8 Å². The molecule has 1 saturated carbocycles. The predicted octanol–water partition coefficient (Wildman–Crippen LogP) is 1.69. The lowest BCUT2D eigenvalue weighted by Crippen LogP contribution is -2.35. The molecule has 2 N–H and O–H groups in total. The first-order valence-corrected chi connectivity index (χ1v) is 6.75. The first-order chi connectivity index (χ1) is 8.24. The Bertz CT molecular complexity index is 358. The lowest BCUT2D eigenvalue weighted by Gasteiger charge is -2.20. The first kappa shape index (κ1) is 11.2. The number of imidazole rings is 1. The van der Waals surface area contributed by atoms with E-state index in [4.69, 9.17) is 0 Å². The summed E-state index contributed by atoms with van der Waals surface area (Å²) in [4.78, 5) is 10.2. The molecule has 1 aromatic rings. The fourth-order valence-corrected chi connectivity index (χ4v) is 3.04. The van der Waals surface area contributed by atoms with Crippen LogP contribution < -0.4 is 5.32 Å². The van der Waals surface area contributed by atoms with Crippen LogP contribution in [-0.2, 0) is 0 Å². The molecule has 0 amide bonds. The smallest absolute Gasteiger partial charge is 0.122 e. The van der Waals surface area contributed by atoms with Gasteiger partial charge in [0.15, 0.2) is 0 Å². The molecule has 0 spiro atoms. The summed E-state index contributed by atoms with van der Waals surface area (Å²) < 4.78 is 0. The van der Waals surface area contributed by atoms with Gasteiger partial charge in [-0.25, -0.2) is 4.98 Å². The average molecular weight is 234 g/mol.